The van der Waals surface area contributed by atoms with Gasteiger partial charge in [0.1, 0.15) is 11.6 Å². The molecule has 1 aromatic rings. The number of rotatable bonds is 8. The van der Waals surface area contributed by atoms with Crippen molar-refractivity contribution in [1.82, 2.24) is 15.5 Å². The van der Waals surface area contributed by atoms with E-state index in [9.17, 15) is 19.5 Å². The molecule has 3 heterocycles. The number of fused-ring (bicyclic) bond motifs is 1. The van der Waals surface area contributed by atoms with Gasteiger partial charge in [-0.15, -0.1) is 0 Å². The van der Waals surface area contributed by atoms with Crippen molar-refractivity contribution < 1.29 is 24.2 Å². The van der Waals surface area contributed by atoms with Crippen LogP contribution in [0.4, 0.5) is 0 Å². The zero-order valence-corrected chi connectivity index (χ0v) is 22.3. The highest BCUT2D eigenvalue weighted by molar-refractivity contribution is 5.99. The Bertz CT molecular complexity index is 1010. The average Bonchev–Trinajstić information content (AvgIpc) is 3.41. The van der Waals surface area contributed by atoms with E-state index in [-0.39, 0.29) is 30.2 Å². The molecule has 6 atom stereocenters. The zero-order chi connectivity index (χ0) is 26.5. The van der Waals surface area contributed by atoms with Crippen LogP contribution in [0.2, 0.25) is 0 Å². The first kappa shape index (κ1) is 26.6. The third-order valence-electron chi connectivity index (χ3n) is 8.27. The summed E-state index contributed by atoms with van der Waals surface area (Å²) in [6, 6.07) is 8.18. The molecule has 36 heavy (non-hydrogen) atoms. The third-order valence-corrected chi connectivity index (χ3v) is 8.27. The minimum atomic E-state index is -1.10. The Morgan fingerprint density at radius 2 is 1.83 bits per heavy atom. The molecule has 1 spiro atoms. The maximum Gasteiger partial charge on any atom is 0.246 e. The van der Waals surface area contributed by atoms with Crippen LogP contribution >= 0.6 is 0 Å². The fraction of sp³-hybridized carbons (Fsp3) is 0.679. The largest absolute Gasteiger partial charge is 0.394 e. The van der Waals surface area contributed by atoms with Gasteiger partial charge in [-0.1, -0.05) is 51.1 Å². The molecular formula is C28H41N3O5. The first-order valence-corrected chi connectivity index (χ1v) is 13.2. The highest BCUT2D eigenvalue weighted by Crippen LogP contribution is 2.64. The molecule has 0 aromatic heterocycles. The van der Waals surface area contributed by atoms with Gasteiger partial charge in [0.25, 0.3) is 0 Å². The average molecular weight is 500 g/mol. The summed E-state index contributed by atoms with van der Waals surface area (Å²) in [6.45, 7) is 11.6. The molecule has 3 saturated heterocycles. The molecular weight excluding hydrogens is 458 g/mol. The van der Waals surface area contributed by atoms with Gasteiger partial charge in [-0.2, -0.15) is 0 Å². The van der Waals surface area contributed by atoms with Crippen molar-refractivity contribution in [3.05, 3.63) is 35.9 Å². The van der Waals surface area contributed by atoms with Gasteiger partial charge in [-0.3, -0.25) is 14.4 Å². The Labute approximate surface area is 214 Å². The Morgan fingerprint density at radius 1 is 1.17 bits per heavy atom. The SMILES string of the molecule is CC[C@@]12CCC3(O1)C(C(=O)NC(C)(C)C)N([C@@H](CO)C(C)C)C(=O)[C@@H]3[C@@H]2C(=O)NCc1ccccc1. The van der Waals surface area contributed by atoms with E-state index in [1.54, 1.807) is 4.90 Å². The molecule has 3 amide bonds. The van der Waals surface area contributed by atoms with Crippen molar-refractivity contribution in [2.24, 2.45) is 17.8 Å². The van der Waals surface area contributed by atoms with Crippen LogP contribution in [0.15, 0.2) is 30.3 Å². The Hall–Kier alpha value is -2.45. The van der Waals surface area contributed by atoms with Gasteiger partial charge >= 0.3 is 0 Å². The number of benzene rings is 1. The molecule has 0 radical (unpaired) electrons. The summed E-state index contributed by atoms with van der Waals surface area (Å²) in [5, 5.41) is 16.4. The standard InChI is InChI=1S/C28H41N3O5/c1-7-27-13-14-28(36-27)21(20(27)23(33)29-15-18-11-9-8-10-12-18)25(35)31(19(16-32)17(2)3)22(28)24(34)30-26(4,5)6/h8-12,17,19-22,32H,7,13-16H2,1-6H3,(H,29,33)(H,30,34)/t19-,20+,21-,22?,27-,28?/m0/s1. The molecule has 2 bridgehead atoms. The summed E-state index contributed by atoms with van der Waals surface area (Å²) in [4.78, 5) is 43.2. The number of hydrogen-bond donors (Lipinski definition) is 3. The Balaban J connectivity index is 1.74. The van der Waals surface area contributed by atoms with Gasteiger partial charge in [0, 0.05) is 12.1 Å². The summed E-state index contributed by atoms with van der Waals surface area (Å²) in [7, 11) is 0. The third kappa shape index (κ3) is 4.22. The normalized spacial score (nSPS) is 32.1. The molecule has 8 heteroatoms. The fourth-order valence-electron chi connectivity index (χ4n) is 6.66. The summed E-state index contributed by atoms with van der Waals surface area (Å²) in [5.74, 6) is -2.34. The molecule has 0 aliphatic carbocycles. The van der Waals surface area contributed by atoms with Gasteiger partial charge < -0.3 is 25.4 Å². The molecule has 1 aromatic carbocycles. The topological polar surface area (TPSA) is 108 Å². The van der Waals surface area contributed by atoms with Crippen molar-refractivity contribution in [3.8, 4) is 0 Å². The molecule has 3 N–H and O–H groups in total. The number of aliphatic hydroxyl groups excluding tert-OH is 1. The first-order valence-electron chi connectivity index (χ1n) is 13.2. The first-order chi connectivity index (χ1) is 16.9. The number of carbonyl (C=O) groups excluding carboxylic acids is 3. The van der Waals surface area contributed by atoms with Crippen molar-refractivity contribution in [2.75, 3.05) is 6.61 Å². The molecule has 3 aliphatic rings. The lowest BCUT2D eigenvalue weighted by Gasteiger charge is -2.39. The van der Waals surface area contributed by atoms with Crippen molar-refractivity contribution in [2.45, 2.75) is 96.2 Å². The molecule has 3 aliphatic heterocycles. The highest BCUT2D eigenvalue weighted by atomic mass is 16.5. The van der Waals surface area contributed by atoms with E-state index in [4.69, 9.17) is 4.74 Å². The molecule has 2 unspecified atom stereocenters. The van der Waals surface area contributed by atoms with Crippen LogP contribution < -0.4 is 10.6 Å². The van der Waals surface area contributed by atoms with E-state index < -0.39 is 40.7 Å². The molecule has 198 valence electrons. The molecule has 3 fully saturated rings. The van der Waals surface area contributed by atoms with E-state index in [2.05, 4.69) is 10.6 Å². The number of carbonyl (C=O) groups is 3. The second-order valence-electron chi connectivity index (χ2n) is 12.0. The quantitative estimate of drug-likeness (QED) is 0.509. The van der Waals surface area contributed by atoms with Crippen LogP contribution in [0.5, 0.6) is 0 Å². The minimum absolute atomic E-state index is 0.0817. The summed E-state index contributed by atoms with van der Waals surface area (Å²) in [5.41, 5.74) is -1.44. The predicted molar refractivity (Wildman–Crippen MR) is 136 cm³/mol. The number of ether oxygens (including phenoxy) is 1. The van der Waals surface area contributed by atoms with Gasteiger partial charge in [0.05, 0.1) is 30.1 Å². The van der Waals surface area contributed by atoms with Crippen LogP contribution in [0.3, 0.4) is 0 Å². The maximum absolute atomic E-state index is 14.2. The lowest BCUT2D eigenvalue weighted by Crippen LogP contribution is -2.61. The number of likely N-dealkylation sites (tertiary alicyclic amines) is 1. The molecule has 0 saturated carbocycles. The monoisotopic (exact) mass is 499 g/mol. The van der Waals surface area contributed by atoms with E-state index in [1.807, 2.05) is 71.9 Å². The number of nitrogens with one attached hydrogen (secondary N) is 2. The smallest absolute Gasteiger partial charge is 0.246 e. The van der Waals surface area contributed by atoms with Crippen LogP contribution in [0, 0.1) is 17.8 Å². The lowest BCUT2D eigenvalue weighted by molar-refractivity contribution is -0.152. The van der Waals surface area contributed by atoms with E-state index in [0.29, 0.717) is 25.8 Å². The van der Waals surface area contributed by atoms with Crippen LogP contribution in [0.25, 0.3) is 0 Å². The van der Waals surface area contributed by atoms with Gasteiger partial charge in [-0.25, -0.2) is 0 Å². The van der Waals surface area contributed by atoms with E-state index in [1.165, 1.54) is 0 Å². The second-order valence-corrected chi connectivity index (χ2v) is 12.0. The number of nitrogens with zero attached hydrogens (tertiary/aromatic N) is 1. The number of hydrogen-bond acceptors (Lipinski definition) is 5. The lowest BCUT2D eigenvalue weighted by atomic mass is 9.65. The minimum Gasteiger partial charge on any atom is -0.394 e. The van der Waals surface area contributed by atoms with Crippen molar-refractivity contribution >= 4 is 17.7 Å². The summed E-state index contributed by atoms with van der Waals surface area (Å²) in [6.07, 6.45) is 1.70. The second kappa shape index (κ2) is 9.45. The van der Waals surface area contributed by atoms with Crippen molar-refractivity contribution in [3.63, 3.8) is 0 Å². The van der Waals surface area contributed by atoms with Crippen LogP contribution in [0.1, 0.15) is 66.4 Å². The van der Waals surface area contributed by atoms with Crippen LogP contribution in [-0.4, -0.2) is 63.2 Å². The fourth-order valence-corrected chi connectivity index (χ4v) is 6.66. The molecule has 4 rings (SSSR count). The molecule has 8 nitrogen and oxygen atoms in total. The van der Waals surface area contributed by atoms with Gasteiger partial charge in [0.2, 0.25) is 17.7 Å². The zero-order valence-electron chi connectivity index (χ0n) is 22.3. The summed E-state index contributed by atoms with van der Waals surface area (Å²) < 4.78 is 6.76. The summed E-state index contributed by atoms with van der Waals surface area (Å²) >= 11 is 0. The van der Waals surface area contributed by atoms with Gasteiger partial charge in [-0.05, 0) is 51.5 Å². The number of aliphatic hydroxyl groups is 1. The predicted octanol–water partition coefficient (Wildman–Crippen LogP) is 2.39. The Morgan fingerprint density at radius 3 is 2.39 bits per heavy atom. The van der Waals surface area contributed by atoms with Crippen molar-refractivity contribution in [1.29, 1.82) is 0 Å². The van der Waals surface area contributed by atoms with E-state index in [0.717, 1.165) is 5.56 Å². The van der Waals surface area contributed by atoms with Gasteiger partial charge in [0.15, 0.2) is 0 Å². The van der Waals surface area contributed by atoms with Crippen LogP contribution in [-0.2, 0) is 25.7 Å². The Kier molecular flexibility index (Phi) is 6.99. The number of amides is 3. The maximum atomic E-state index is 14.2. The van der Waals surface area contributed by atoms with E-state index >= 15 is 0 Å². The highest BCUT2D eigenvalue weighted by Gasteiger charge is 2.79.